The van der Waals surface area contributed by atoms with Crippen molar-refractivity contribution >= 4 is 5.96 Å². The summed E-state index contributed by atoms with van der Waals surface area (Å²) in [6.07, 6.45) is 2.16. The number of nitrogens with zero attached hydrogens (tertiary/aromatic N) is 4. The highest BCUT2D eigenvalue weighted by atomic mass is 16.5. The first-order valence-corrected chi connectivity index (χ1v) is 7.85. The molecule has 1 aromatic carbocycles. The van der Waals surface area contributed by atoms with Crippen molar-refractivity contribution in [3.63, 3.8) is 0 Å². The van der Waals surface area contributed by atoms with Crippen LogP contribution in [0, 0.1) is 0 Å². The summed E-state index contributed by atoms with van der Waals surface area (Å²) in [6.45, 7) is 3.84. The molecule has 8 heteroatoms. The van der Waals surface area contributed by atoms with Crippen molar-refractivity contribution in [2.24, 2.45) is 12.0 Å². The van der Waals surface area contributed by atoms with Crippen LogP contribution in [0.4, 0.5) is 0 Å². The molecule has 130 valence electrons. The highest BCUT2D eigenvalue weighted by molar-refractivity contribution is 5.79. The van der Waals surface area contributed by atoms with E-state index in [-0.39, 0.29) is 5.75 Å². The number of methoxy groups -OCH3 is 1. The minimum Gasteiger partial charge on any atom is -0.504 e. The minimum atomic E-state index is 0.183. The van der Waals surface area contributed by atoms with Crippen molar-refractivity contribution in [1.29, 1.82) is 0 Å². The lowest BCUT2D eigenvalue weighted by atomic mass is 10.1. The zero-order valence-corrected chi connectivity index (χ0v) is 14.3. The molecule has 0 aliphatic carbocycles. The number of aromatic nitrogens is 3. The molecule has 0 aliphatic heterocycles. The molecule has 8 nitrogen and oxygen atoms in total. The zero-order valence-electron chi connectivity index (χ0n) is 14.3. The van der Waals surface area contributed by atoms with E-state index >= 15 is 0 Å². The summed E-state index contributed by atoms with van der Waals surface area (Å²) in [4.78, 5) is 8.64. The fourth-order valence-corrected chi connectivity index (χ4v) is 2.20. The molecule has 2 rings (SSSR count). The largest absolute Gasteiger partial charge is 0.504 e. The summed E-state index contributed by atoms with van der Waals surface area (Å²) < 4.78 is 6.82. The first-order chi connectivity index (χ1) is 11.7. The number of phenols is 1. The molecule has 0 unspecified atom stereocenters. The average Bonchev–Trinajstić information content (AvgIpc) is 2.99. The van der Waals surface area contributed by atoms with Gasteiger partial charge in [0.1, 0.15) is 18.7 Å². The van der Waals surface area contributed by atoms with Gasteiger partial charge in [-0.1, -0.05) is 12.1 Å². The molecule has 3 N–H and O–H groups in total. The Labute approximate surface area is 141 Å². The van der Waals surface area contributed by atoms with Crippen LogP contribution in [-0.2, 0) is 20.0 Å². The van der Waals surface area contributed by atoms with Crippen LogP contribution in [0.1, 0.15) is 18.3 Å². The third-order valence-electron chi connectivity index (χ3n) is 3.52. The summed E-state index contributed by atoms with van der Waals surface area (Å²) >= 11 is 0. The van der Waals surface area contributed by atoms with Gasteiger partial charge in [0.2, 0.25) is 0 Å². The van der Waals surface area contributed by atoms with Crippen molar-refractivity contribution in [3.8, 4) is 11.5 Å². The number of nitrogens with one attached hydrogen (secondary N) is 2. The number of ether oxygens (including phenoxy) is 1. The van der Waals surface area contributed by atoms with Crippen LogP contribution >= 0.6 is 0 Å². The quantitative estimate of drug-likeness (QED) is 0.513. The molecule has 0 radical (unpaired) electrons. The van der Waals surface area contributed by atoms with Crippen LogP contribution in [0.3, 0.4) is 0 Å². The zero-order chi connectivity index (χ0) is 17.4. The van der Waals surface area contributed by atoms with Gasteiger partial charge in [0.15, 0.2) is 17.5 Å². The Bertz CT molecular complexity index is 683. The second-order valence-electron chi connectivity index (χ2n) is 5.14. The number of guanidine groups is 1. The van der Waals surface area contributed by atoms with Crippen LogP contribution in [0.25, 0.3) is 0 Å². The fourth-order valence-electron chi connectivity index (χ4n) is 2.20. The van der Waals surface area contributed by atoms with E-state index < -0.39 is 0 Å². The van der Waals surface area contributed by atoms with E-state index in [2.05, 4.69) is 25.7 Å². The maximum absolute atomic E-state index is 10.1. The number of aliphatic imine (C=N–C) groups is 1. The van der Waals surface area contributed by atoms with E-state index in [4.69, 9.17) is 4.74 Å². The lowest BCUT2D eigenvalue weighted by Gasteiger charge is -2.12. The van der Waals surface area contributed by atoms with E-state index in [0.717, 1.165) is 17.9 Å². The number of hydrogen-bond acceptors (Lipinski definition) is 5. The SMILES string of the molecule is CCNC(=NCc1ncnn1C)NCCc1cccc(OC)c1O. The van der Waals surface area contributed by atoms with Crippen molar-refractivity contribution in [2.45, 2.75) is 19.9 Å². The van der Waals surface area contributed by atoms with Gasteiger partial charge in [-0.3, -0.25) is 4.68 Å². The summed E-state index contributed by atoms with van der Waals surface area (Å²) in [5, 5.41) is 20.6. The molecule has 0 bridgehead atoms. The number of phenolic OH excluding ortho intramolecular Hbond substituents is 1. The topological polar surface area (TPSA) is 96.6 Å². The molecule has 0 saturated heterocycles. The van der Waals surface area contributed by atoms with Gasteiger partial charge in [-0.2, -0.15) is 5.10 Å². The van der Waals surface area contributed by atoms with Gasteiger partial charge < -0.3 is 20.5 Å². The maximum atomic E-state index is 10.1. The van der Waals surface area contributed by atoms with E-state index in [9.17, 15) is 5.11 Å². The van der Waals surface area contributed by atoms with Gasteiger partial charge in [-0.15, -0.1) is 0 Å². The summed E-state index contributed by atoms with van der Waals surface area (Å²) in [6, 6.07) is 5.48. The summed E-state index contributed by atoms with van der Waals surface area (Å²) in [5.41, 5.74) is 0.825. The van der Waals surface area contributed by atoms with Gasteiger partial charge in [0.05, 0.1) is 7.11 Å². The smallest absolute Gasteiger partial charge is 0.191 e. The van der Waals surface area contributed by atoms with Crippen LogP contribution in [0.2, 0.25) is 0 Å². The van der Waals surface area contributed by atoms with E-state index in [1.54, 1.807) is 17.9 Å². The average molecular weight is 332 g/mol. The van der Waals surface area contributed by atoms with Crippen LogP contribution in [0.5, 0.6) is 11.5 Å². The Balaban J connectivity index is 1.93. The number of benzene rings is 1. The molecule has 0 spiro atoms. The Hall–Kier alpha value is -2.77. The van der Waals surface area contributed by atoms with Crippen molar-refractivity contribution in [3.05, 3.63) is 35.9 Å². The number of rotatable bonds is 7. The lowest BCUT2D eigenvalue weighted by molar-refractivity contribution is 0.370. The Morgan fingerprint density at radius 2 is 2.21 bits per heavy atom. The molecule has 0 fully saturated rings. The molecular weight excluding hydrogens is 308 g/mol. The number of hydrogen-bond donors (Lipinski definition) is 3. The van der Waals surface area contributed by atoms with Gasteiger partial charge in [-0.05, 0) is 25.0 Å². The van der Waals surface area contributed by atoms with E-state index in [1.165, 1.54) is 6.33 Å². The standard InChI is InChI=1S/C16H24N6O2/c1-4-17-16(19-10-14-20-11-21-22(14)2)18-9-8-12-6-5-7-13(24-3)15(12)23/h5-7,11,23H,4,8-10H2,1-3H3,(H2,17,18,19). The first-order valence-electron chi connectivity index (χ1n) is 7.85. The first kappa shape index (κ1) is 17.6. The third-order valence-corrected chi connectivity index (χ3v) is 3.52. The van der Waals surface area contributed by atoms with Gasteiger partial charge in [-0.25, -0.2) is 9.98 Å². The maximum Gasteiger partial charge on any atom is 0.191 e. The summed E-state index contributed by atoms with van der Waals surface area (Å²) in [7, 11) is 3.38. The molecule has 1 heterocycles. The highest BCUT2D eigenvalue weighted by Crippen LogP contribution is 2.29. The number of aryl methyl sites for hydroxylation is 1. The van der Waals surface area contributed by atoms with Crippen LogP contribution in [-0.4, -0.2) is 46.0 Å². The summed E-state index contributed by atoms with van der Waals surface area (Å²) in [5.74, 6) is 2.15. The molecule has 0 saturated carbocycles. The third kappa shape index (κ3) is 4.61. The fraction of sp³-hybridized carbons (Fsp3) is 0.438. The lowest BCUT2D eigenvalue weighted by Crippen LogP contribution is -2.38. The second kappa shape index (κ2) is 8.76. The normalized spacial score (nSPS) is 11.4. The molecule has 1 aromatic heterocycles. The van der Waals surface area contributed by atoms with Crippen molar-refractivity contribution in [1.82, 2.24) is 25.4 Å². The van der Waals surface area contributed by atoms with Gasteiger partial charge >= 0.3 is 0 Å². The monoisotopic (exact) mass is 332 g/mol. The Morgan fingerprint density at radius 1 is 1.38 bits per heavy atom. The van der Waals surface area contributed by atoms with Crippen LogP contribution in [0.15, 0.2) is 29.5 Å². The molecular formula is C16H24N6O2. The van der Waals surface area contributed by atoms with Gasteiger partial charge in [0.25, 0.3) is 0 Å². The molecule has 0 aliphatic rings. The molecule has 0 amide bonds. The van der Waals surface area contributed by atoms with Crippen molar-refractivity contribution in [2.75, 3.05) is 20.2 Å². The van der Waals surface area contributed by atoms with Crippen molar-refractivity contribution < 1.29 is 9.84 Å². The number of aromatic hydroxyl groups is 1. The Kier molecular flexibility index (Phi) is 6.41. The van der Waals surface area contributed by atoms with E-state index in [0.29, 0.717) is 31.2 Å². The molecule has 0 atom stereocenters. The number of para-hydroxylation sites is 1. The van der Waals surface area contributed by atoms with Crippen LogP contribution < -0.4 is 15.4 Å². The predicted molar refractivity (Wildman–Crippen MR) is 92.2 cm³/mol. The molecule has 24 heavy (non-hydrogen) atoms. The molecule has 2 aromatic rings. The Morgan fingerprint density at radius 3 is 2.88 bits per heavy atom. The van der Waals surface area contributed by atoms with Gasteiger partial charge in [0, 0.05) is 20.1 Å². The minimum absolute atomic E-state index is 0.183. The van der Waals surface area contributed by atoms with E-state index in [1.807, 2.05) is 26.1 Å². The second-order valence-corrected chi connectivity index (χ2v) is 5.14. The predicted octanol–water partition coefficient (Wildman–Crippen LogP) is 0.827. The highest BCUT2D eigenvalue weighted by Gasteiger charge is 2.07.